The molecule has 0 saturated carbocycles. The molecule has 0 aliphatic rings. The molecule has 21 heavy (non-hydrogen) atoms. The number of carbonyl (C=O) groups is 1. The fraction of sp³-hybridized carbons (Fsp3) is 0.611. The minimum absolute atomic E-state index is 0.0945. The van der Waals surface area contributed by atoms with Crippen LogP contribution in [0, 0.1) is 5.92 Å². The smallest absolute Gasteiger partial charge is 0.241 e. The topological polar surface area (TPSA) is 55.1 Å². The Kier molecular flexibility index (Phi) is 6.41. The predicted molar refractivity (Wildman–Crippen MR) is 90.7 cm³/mol. The molecule has 118 valence electrons. The van der Waals surface area contributed by atoms with Gasteiger partial charge < -0.3 is 11.1 Å². The number of hydrogen-bond acceptors (Lipinski definition) is 2. The summed E-state index contributed by atoms with van der Waals surface area (Å²) in [5.41, 5.74) is 9.31. The lowest BCUT2D eigenvalue weighted by molar-refractivity contribution is -0.117. The van der Waals surface area contributed by atoms with Crippen LogP contribution in [0.3, 0.4) is 0 Å². The Morgan fingerprint density at radius 2 is 1.71 bits per heavy atom. The molecule has 0 heterocycles. The van der Waals surface area contributed by atoms with Crippen molar-refractivity contribution in [3.63, 3.8) is 0 Å². The van der Waals surface area contributed by atoms with Crippen molar-refractivity contribution in [1.82, 2.24) is 0 Å². The van der Waals surface area contributed by atoms with E-state index in [1.54, 1.807) is 0 Å². The molecule has 3 nitrogen and oxygen atoms in total. The molecule has 1 amide bonds. The molecule has 0 aliphatic carbocycles. The number of carbonyl (C=O) groups excluding carboxylic acids is 1. The van der Waals surface area contributed by atoms with Gasteiger partial charge in [-0.3, -0.25) is 4.79 Å². The fourth-order valence-electron chi connectivity index (χ4n) is 2.37. The third-order valence-electron chi connectivity index (χ3n) is 3.68. The number of nitrogens with one attached hydrogen (secondary N) is 1. The first kappa shape index (κ1) is 17.7. The lowest BCUT2D eigenvalue weighted by Gasteiger charge is -2.19. The van der Waals surface area contributed by atoms with E-state index in [1.165, 1.54) is 11.1 Å². The van der Waals surface area contributed by atoms with Gasteiger partial charge in [-0.15, -0.1) is 0 Å². The summed E-state index contributed by atoms with van der Waals surface area (Å²) in [5.74, 6) is 1.16. The van der Waals surface area contributed by atoms with Crippen LogP contribution in [-0.2, 0) is 4.79 Å². The van der Waals surface area contributed by atoms with Crippen LogP contribution >= 0.6 is 0 Å². The Morgan fingerprint density at radius 3 is 2.19 bits per heavy atom. The standard InChI is InChI=1S/C18H30N2O/c1-11(2)9-16(19)18(21)20-17-8-7-14(12(3)4)10-15(17)13(5)6/h7-8,10-13,16H,9,19H2,1-6H3,(H,20,21)/t16-/m1/s1. The summed E-state index contributed by atoms with van der Waals surface area (Å²) in [4.78, 5) is 12.2. The van der Waals surface area contributed by atoms with Gasteiger partial charge in [-0.25, -0.2) is 0 Å². The number of amides is 1. The van der Waals surface area contributed by atoms with Crippen molar-refractivity contribution in [1.29, 1.82) is 0 Å². The van der Waals surface area contributed by atoms with E-state index >= 15 is 0 Å². The molecular weight excluding hydrogens is 260 g/mol. The molecule has 1 rings (SSSR count). The highest BCUT2D eigenvalue weighted by Gasteiger charge is 2.17. The zero-order valence-electron chi connectivity index (χ0n) is 14.2. The van der Waals surface area contributed by atoms with Gasteiger partial charge in [-0.1, -0.05) is 53.7 Å². The second kappa shape index (κ2) is 7.60. The van der Waals surface area contributed by atoms with Gasteiger partial charge in [0.25, 0.3) is 0 Å². The van der Waals surface area contributed by atoms with Crippen molar-refractivity contribution in [2.75, 3.05) is 5.32 Å². The quantitative estimate of drug-likeness (QED) is 0.823. The van der Waals surface area contributed by atoms with Gasteiger partial charge in [-0.2, -0.15) is 0 Å². The van der Waals surface area contributed by atoms with E-state index in [2.05, 4.69) is 59.0 Å². The van der Waals surface area contributed by atoms with Crippen LogP contribution in [0.15, 0.2) is 18.2 Å². The average Bonchev–Trinajstić information content (AvgIpc) is 2.37. The van der Waals surface area contributed by atoms with Crippen molar-refractivity contribution >= 4 is 11.6 Å². The van der Waals surface area contributed by atoms with Gasteiger partial charge >= 0.3 is 0 Å². The number of nitrogens with two attached hydrogens (primary N) is 1. The second-order valence-corrected chi connectivity index (χ2v) is 6.88. The Morgan fingerprint density at radius 1 is 1.10 bits per heavy atom. The van der Waals surface area contributed by atoms with E-state index < -0.39 is 6.04 Å². The highest BCUT2D eigenvalue weighted by Crippen LogP contribution is 2.28. The van der Waals surface area contributed by atoms with Crippen LogP contribution in [0.2, 0.25) is 0 Å². The lowest BCUT2D eigenvalue weighted by Crippen LogP contribution is -2.36. The van der Waals surface area contributed by atoms with E-state index in [0.29, 0.717) is 24.2 Å². The average molecular weight is 290 g/mol. The van der Waals surface area contributed by atoms with Crippen LogP contribution in [0.25, 0.3) is 0 Å². The molecule has 3 N–H and O–H groups in total. The molecule has 0 bridgehead atoms. The first-order chi connectivity index (χ1) is 9.72. The van der Waals surface area contributed by atoms with Crippen molar-refractivity contribution in [3.05, 3.63) is 29.3 Å². The molecule has 0 spiro atoms. The number of anilines is 1. The molecule has 0 aromatic heterocycles. The molecule has 0 fully saturated rings. The number of benzene rings is 1. The van der Waals surface area contributed by atoms with Crippen molar-refractivity contribution in [3.8, 4) is 0 Å². The normalized spacial score (nSPS) is 13.0. The Bertz CT molecular complexity index is 478. The van der Waals surface area contributed by atoms with Crippen LogP contribution in [0.1, 0.15) is 70.9 Å². The molecule has 0 aliphatic heterocycles. The molecule has 1 aromatic carbocycles. The van der Waals surface area contributed by atoms with Gasteiger partial charge in [-0.05, 0) is 41.4 Å². The van der Waals surface area contributed by atoms with Gasteiger partial charge in [0.05, 0.1) is 6.04 Å². The van der Waals surface area contributed by atoms with E-state index in [9.17, 15) is 4.79 Å². The summed E-state index contributed by atoms with van der Waals surface area (Å²) >= 11 is 0. The van der Waals surface area contributed by atoms with E-state index in [4.69, 9.17) is 5.73 Å². The zero-order chi connectivity index (χ0) is 16.2. The maximum Gasteiger partial charge on any atom is 0.241 e. The fourth-order valence-corrected chi connectivity index (χ4v) is 2.37. The molecule has 3 heteroatoms. The highest BCUT2D eigenvalue weighted by molar-refractivity contribution is 5.95. The minimum atomic E-state index is -0.449. The van der Waals surface area contributed by atoms with E-state index in [1.807, 2.05) is 6.07 Å². The Balaban J connectivity index is 2.94. The summed E-state index contributed by atoms with van der Waals surface area (Å²) in [6, 6.07) is 5.83. The van der Waals surface area contributed by atoms with E-state index in [0.717, 1.165) is 5.69 Å². The van der Waals surface area contributed by atoms with Gasteiger partial charge in [0.1, 0.15) is 0 Å². The van der Waals surface area contributed by atoms with Gasteiger partial charge in [0.15, 0.2) is 0 Å². The molecule has 0 unspecified atom stereocenters. The zero-order valence-corrected chi connectivity index (χ0v) is 14.2. The third-order valence-corrected chi connectivity index (χ3v) is 3.68. The van der Waals surface area contributed by atoms with Crippen LogP contribution < -0.4 is 11.1 Å². The first-order valence-corrected chi connectivity index (χ1v) is 7.92. The summed E-state index contributed by atoms with van der Waals surface area (Å²) in [6.07, 6.45) is 0.701. The Labute approximate surface area is 129 Å². The van der Waals surface area contributed by atoms with Crippen molar-refractivity contribution in [2.24, 2.45) is 11.7 Å². The number of hydrogen-bond donors (Lipinski definition) is 2. The van der Waals surface area contributed by atoms with Gasteiger partial charge in [0, 0.05) is 5.69 Å². The maximum atomic E-state index is 12.2. The SMILES string of the molecule is CC(C)C[C@@H](N)C(=O)Nc1ccc(C(C)C)cc1C(C)C. The largest absolute Gasteiger partial charge is 0.324 e. The van der Waals surface area contributed by atoms with Crippen molar-refractivity contribution in [2.45, 2.75) is 65.8 Å². The summed E-state index contributed by atoms with van der Waals surface area (Å²) in [7, 11) is 0. The molecule has 1 aromatic rings. The summed E-state index contributed by atoms with van der Waals surface area (Å²) in [6.45, 7) is 12.8. The maximum absolute atomic E-state index is 12.2. The molecule has 1 atom stereocenters. The van der Waals surface area contributed by atoms with E-state index in [-0.39, 0.29) is 5.91 Å². The molecule has 0 radical (unpaired) electrons. The summed E-state index contributed by atoms with van der Waals surface area (Å²) < 4.78 is 0. The minimum Gasteiger partial charge on any atom is -0.324 e. The molecular formula is C18H30N2O. The second-order valence-electron chi connectivity index (χ2n) is 6.88. The monoisotopic (exact) mass is 290 g/mol. The lowest BCUT2D eigenvalue weighted by atomic mass is 9.94. The van der Waals surface area contributed by atoms with Gasteiger partial charge in [0.2, 0.25) is 5.91 Å². The van der Waals surface area contributed by atoms with Crippen LogP contribution in [0.4, 0.5) is 5.69 Å². The highest BCUT2D eigenvalue weighted by atomic mass is 16.2. The first-order valence-electron chi connectivity index (χ1n) is 7.92. The Hall–Kier alpha value is -1.35. The molecule has 0 saturated heterocycles. The predicted octanol–water partition coefficient (Wildman–Crippen LogP) is 4.25. The van der Waals surface area contributed by atoms with Crippen molar-refractivity contribution < 1.29 is 4.79 Å². The summed E-state index contributed by atoms with van der Waals surface area (Å²) in [5, 5.41) is 3.00. The number of rotatable bonds is 6. The third kappa shape index (κ3) is 5.16. The van der Waals surface area contributed by atoms with Crippen LogP contribution in [0.5, 0.6) is 0 Å². The van der Waals surface area contributed by atoms with Crippen LogP contribution in [-0.4, -0.2) is 11.9 Å².